The smallest absolute Gasteiger partial charge is 0.188 e. The number of nitrogens with zero attached hydrogens (tertiary/aromatic N) is 1. The molecule has 15 heavy (non-hydrogen) atoms. The van der Waals surface area contributed by atoms with Crippen LogP contribution in [-0.4, -0.2) is 0 Å². The minimum Gasteiger partial charge on any atom is -0.188 e. The molecule has 0 saturated heterocycles. The summed E-state index contributed by atoms with van der Waals surface area (Å²) in [6.07, 6.45) is 0. The summed E-state index contributed by atoms with van der Waals surface area (Å²) >= 11 is 1.83. The Kier molecular flexibility index (Phi) is 2.55. The Labute approximate surface area is 95.4 Å². The zero-order valence-electron chi connectivity index (χ0n) is 9.87. The average Bonchev–Trinajstić information content (AvgIpc) is 2.47. The van der Waals surface area contributed by atoms with Gasteiger partial charge in [-0.1, -0.05) is 44.2 Å². The van der Waals surface area contributed by atoms with Crippen molar-refractivity contribution in [1.82, 2.24) is 0 Å². The molecule has 0 fully saturated rings. The number of aryl methyl sites for hydroxylation is 1. The summed E-state index contributed by atoms with van der Waals surface area (Å²) in [6.45, 7) is 10.1. The molecule has 0 bridgehead atoms. The molecule has 0 amide bonds. The Morgan fingerprint density at radius 3 is 2.67 bits per heavy atom. The van der Waals surface area contributed by atoms with Crippen LogP contribution in [0.4, 0.5) is 0 Å². The number of hydrogen-bond donors (Lipinski definition) is 0. The molecule has 1 aromatic carbocycles. The highest BCUT2D eigenvalue weighted by atomic mass is 32.1. The molecule has 0 aliphatic carbocycles. The Bertz CT molecular complexity index is 477. The second-order valence-corrected chi connectivity index (χ2v) is 6.22. The fraction of sp³-hybridized carbons (Fsp3) is 0.462. The van der Waals surface area contributed by atoms with Crippen LogP contribution in [0.5, 0.6) is 0 Å². The molecule has 2 aromatic rings. The minimum atomic E-state index is 0.334. The summed E-state index contributed by atoms with van der Waals surface area (Å²) in [5.41, 5.74) is 5.35. The second kappa shape index (κ2) is 3.60. The van der Waals surface area contributed by atoms with Gasteiger partial charge in [-0.05, 0) is 13.0 Å². The molecule has 0 aliphatic rings. The van der Waals surface area contributed by atoms with E-state index in [1.54, 1.807) is 0 Å². The fourth-order valence-electron chi connectivity index (χ4n) is 1.90. The lowest BCUT2D eigenvalue weighted by molar-refractivity contribution is -0.679. The van der Waals surface area contributed by atoms with E-state index in [4.69, 9.17) is 0 Å². The SMILES string of the molecule is Cc1cccc2sc[n+](CC(C)(C)C)c12. The largest absolute Gasteiger partial charge is 0.226 e. The van der Waals surface area contributed by atoms with E-state index in [0.29, 0.717) is 5.41 Å². The van der Waals surface area contributed by atoms with Gasteiger partial charge < -0.3 is 0 Å². The van der Waals surface area contributed by atoms with Gasteiger partial charge in [0.25, 0.3) is 0 Å². The zero-order valence-corrected chi connectivity index (χ0v) is 10.7. The Morgan fingerprint density at radius 1 is 1.27 bits per heavy atom. The first kappa shape index (κ1) is 10.6. The van der Waals surface area contributed by atoms with Crippen molar-refractivity contribution >= 4 is 21.6 Å². The first-order chi connectivity index (χ1) is 6.97. The maximum absolute atomic E-state index is 2.38. The standard InChI is InChI=1S/C13H18NS/c1-10-6-5-7-11-12(10)14(9-15-11)8-13(2,3)4/h5-7,9H,8H2,1-4H3/q+1. The number of benzene rings is 1. The van der Waals surface area contributed by atoms with Crippen LogP contribution in [-0.2, 0) is 6.54 Å². The van der Waals surface area contributed by atoms with Crippen molar-refractivity contribution in [3.05, 3.63) is 29.3 Å². The van der Waals surface area contributed by atoms with E-state index in [9.17, 15) is 0 Å². The minimum absolute atomic E-state index is 0.334. The highest BCUT2D eigenvalue weighted by molar-refractivity contribution is 7.16. The molecule has 2 rings (SSSR count). The summed E-state index contributed by atoms with van der Waals surface area (Å²) in [6, 6.07) is 6.52. The molecule has 0 N–H and O–H groups in total. The zero-order chi connectivity index (χ0) is 11.1. The van der Waals surface area contributed by atoms with Gasteiger partial charge in [0.2, 0.25) is 11.0 Å². The van der Waals surface area contributed by atoms with Crippen molar-refractivity contribution < 1.29 is 4.57 Å². The van der Waals surface area contributed by atoms with Crippen LogP contribution in [0, 0.1) is 12.3 Å². The van der Waals surface area contributed by atoms with Gasteiger partial charge in [-0.3, -0.25) is 0 Å². The van der Waals surface area contributed by atoms with Gasteiger partial charge in [0, 0.05) is 11.0 Å². The third kappa shape index (κ3) is 2.20. The van der Waals surface area contributed by atoms with Crippen LogP contribution in [0.25, 0.3) is 10.2 Å². The van der Waals surface area contributed by atoms with Gasteiger partial charge in [-0.2, -0.15) is 4.57 Å². The summed E-state index contributed by atoms with van der Waals surface area (Å²) in [5.74, 6) is 0. The summed E-state index contributed by atoms with van der Waals surface area (Å²) in [5, 5.41) is 0. The monoisotopic (exact) mass is 220 g/mol. The maximum Gasteiger partial charge on any atom is 0.226 e. The molecule has 0 radical (unpaired) electrons. The Balaban J connectivity index is 2.53. The fourth-order valence-corrected chi connectivity index (χ4v) is 2.86. The van der Waals surface area contributed by atoms with Crippen LogP contribution >= 0.6 is 11.3 Å². The van der Waals surface area contributed by atoms with E-state index in [1.165, 1.54) is 15.8 Å². The number of aromatic nitrogens is 1. The van der Waals surface area contributed by atoms with Crippen LogP contribution in [0.15, 0.2) is 23.7 Å². The van der Waals surface area contributed by atoms with E-state index in [2.05, 4.69) is 56.0 Å². The number of hydrogen-bond acceptors (Lipinski definition) is 1. The molecular formula is C13H18NS+. The summed E-state index contributed by atoms with van der Waals surface area (Å²) in [4.78, 5) is 0. The molecule has 0 aliphatic heterocycles. The highest BCUT2D eigenvalue weighted by Gasteiger charge is 2.21. The van der Waals surface area contributed by atoms with E-state index in [-0.39, 0.29) is 0 Å². The molecule has 80 valence electrons. The van der Waals surface area contributed by atoms with Crippen LogP contribution < -0.4 is 4.57 Å². The molecular weight excluding hydrogens is 202 g/mol. The molecule has 0 atom stereocenters. The lowest BCUT2D eigenvalue weighted by Crippen LogP contribution is -2.38. The Morgan fingerprint density at radius 2 is 2.00 bits per heavy atom. The van der Waals surface area contributed by atoms with Gasteiger partial charge in [0.15, 0.2) is 6.54 Å². The van der Waals surface area contributed by atoms with Crippen LogP contribution in [0.3, 0.4) is 0 Å². The molecule has 0 unspecified atom stereocenters. The first-order valence-corrected chi connectivity index (χ1v) is 6.22. The number of thiazole rings is 1. The third-order valence-corrected chi connectivity index (χ3v) is 3.38. The van der Waals surface area contributed by atoms with Crippen molar-refractivity contribution in [3.8, 4) is 0 Å². The topological polar surface area (TPSA) is 3.88 Å². The Hall–Kier alpha value is -0.890. The first-order valence-electron chi connectivity index (χ1n) is 5.34. The van der Waals surface area contributed by atoms with Gasteiger partial charge in [0.05, 0.1) is 0 Å². The van der Waals surface area contributed by atoms with Gasteiger partial charge in [0.1, 0.15) is 4.70 Å². The van der Waals surface area contributed by atoms with E-state index in [0.717, 1.165) is 6.54 Å². The lowest BCUT2D eigenvalue weighted by atomic mass is 9.97. The quantitative estimate of drug-likeness (QED) is 0.647. The third-order valence-electron chi connectivity index (χ3n) is 2.44. The molecule has 0 saturated carbocycles. The van der Waals surface area contributed by atoms with E-state index < -0.39 is 0 Å². The lowest BCUT2D eigenvalue weighted by Gasteiger charge is -2.12. The summed E-state index contributed by atoms with van der Waals surface area (Å²) < 4.78 is 3.77. The van der Waals surface area contributed by atoms with Crippen molar-refractivity contribution in [3.63, 3.8) is 0 Å². The van der Waals surface area contributed by atoms with Crippen molar-refractivity contribution in [2.45, 2.75) is 34.2 Å². The van der Waals surface area contributed by atoms with Crippen molar-refractivity contribution in [2.24, 2.45) is 5.41 Å². The maximum atomic E-state index is 2.38. The predicted octanol–water partition coefficient (Wildman–Crippen LogP) is 3.54. The van der Waals surface area contributed by atoms with Crippen LogP contribution in [0.2, 0.25) is 0 Å². The van der Waals surface area contributed by atoms with Gasteiger partial charge in [-0.15, -0.1) is 0 Å². The summed E-state index contributed by atoms with van der Waals surface area (Å²) in [7, 11) is 0. The van der Waals surface area contributed by atoms with Crippen molar-refractivity contribution in [2.75, 3.05) is 0 Å². The van der Waals surface area contributed by atoms with Crippen molar-refractivity contribution in [1.29, 1.82) is 0 Å². The molecule has 0 spiro atoms. The molecule has 2 heteroatoms. The van der Waals surface area contributed by atoms with Gasteiger partial charge in [-0.25, -0.2) is 0 Å². The number of rotatable bonds is 1. The van der Waals surface area contributed by atoms with E-state index in [1.807, 2.05) is 11.3 Å². The highest BCUT2D eigenvalue weighted by Crippen LogP contribution is 2.21. The molecule has 1 heterocycles. The average molecular weight is 220 g/mol. The predicted molar refractivity (Wildman–Crippen MR) is 66.2 cm³/mol. The molecule has 1 nitrogen and oxygen atoms in total. The van der Waals surface area contributed by atoms with Gasteiger partial charge >= 0.3 is 0 Å². The number of para-hydroxylation sites is 1. The van der Waals surface area contributed by atoms with Crippen LogP contribution in [0.1, 0.15) is 26.3 Å². The second-order valence-electron chi connectivity index (χ2n) is 5.33. The molecule has 1 aromatic heterocycles. The van der Waals surface area contributed by atoms with E-state index >= 15 is 0 Å². The normalized spacial score (nSPS) is 12.3. The number of fused-ring (bicyclic) bond motifs is 1.